The van der Waals surface area contributed by atoms with Gasteiger partial charge in [0.1, 0.15) is 12.3 Å². The standard InChI is InChI=1S/C21H24N2O5/c1-15(16-6-4-3-5-7-16)12-22-19(24)14-28-20(25)13-23-21(26)17-8-10-18(27-2)11-9-17/h3-11,15H,12-14H2,1-2H3,(H,22,24)(H,23,26)/t15-/m1/s1. The van der Waals surface area contributed by atoms with Crippen molar-refractivity contribution >= 4 is 17.8 Å². The molecule has 0 spiro atoms. The first-order chi connectivity index (χ1) is 13.5. The molecule has 0 aromatic heterocycles. The van der Waals surface area contributed by atoms with Crippen LogP contribution >= 0.6 is 0 Å². The number of ether oxygens (including phenoxy) is 2. The van der Waals surface area contributed by atoms with Gasteiger partial charge in [-0.3, -0.25) is 14.4 Å². The number of carbonyl (C=O) groups excluding carboxylic acids is 3. The zero-order chi connectivity index (χ0) is 20.4. The molecule has 0 fully saturated rings. The topological polar surface area (TPSA) is 93.7 Å². The molecule has 148 valence electrons. The van der Waals surface area contributed by atoms with Crippen LogP contribution in [0.3, 0.4) is 0 Å². The fourth-order valence-electron chi connectivity index (χ4n) is 2.41. The fourth-order valence-corrected chi connectivity index (χ4v) is 2.41. The van der Waals surface area contributed by atoms with Gasteiger partial charge >= 0.3 is 5.97 Å². The van der Waals surface area contributed by atoms with Gasteiger partial charge in [-0.1, -0.05) is 37.3 Å². The molecule has 0 unspecified atom stereocenters. The molecule has 2 rings (SSSR count). The average molecular weight is 384 g/mol. The summed E-state index contributed by atoms with van der Waals surface area (Å²) < 4.78 is 9.90. The molecule has 0 saturated carbocycles. The molecule has 1 atom stereocenters. The van der Waals surface area contributed by atoms with Gasteiger partial charge < -0.3 is 20.1 Å². The molecule has 0 aliphatic carbocycles. The van der Waals surface area contributed by atoms with E-state index in [4.69, 9.17) is 9.47 Å². The molecule has 2 aromatic carbocycles. The Morgan fingerprint density at radius 1 is 0.964 bits per heavy atom. The van der Waals surface area contributed by atoms with Gasteiger partial charge in [0.05, 0.1) is 7.11 Å². The van der Waals surface area contributed by atoms with E-state index in [1.807, 2.05) is 37.3 Å². The number of benzene rings is 2. The molecule has 7 heteroatoms. The third-order valence-corrected chi connectivity index (χ3v) is 4.08. The minimum atomic E-state index is -0.687. The number of hydrogen-bond donors (Lipinski definition) is 2. The van der Waals surface area contributed by atoms with Crippen molar-refractivity contribution in [1.29, 1.82) is 0 Å². The molecule has 0 heterocycles. The predicted molar refractivity (Wildman–Crippen MR) is 104 cm³/mol. The highest BCUT2D eigenvalue weighted by atomic mass is 16.5. The van der Waals surface area contributed by atoms with Gasteiger partial charge in [0.25, 0.3) is 11.8 Å². The molecule has 2 N–H and O–H groups in total. The van der Waals surface area contributed by atoms with Gasteiger partial charge in [-0.2, -0.15) is 0 Å². The summed E-state index contributed by atoms with van der Waals surface area (Å²) in [5, 5.41) is 5.17. The van der Waals surface area contributed by atoms with E-state index in [2.05, 4.69) is 10.6 Å². The van der Waals surface area contributed by atoms with E-state index >= 15 is 0 Å². The highest BCUT2D eigenvalue weighted by Gasteiger charge is 2.12. The molecule has 2 amide bonds. The van der Waals surface area contributed by atoms with Crippen molar-refractivity contribution in [3.05, 3.63) is 65.7 Å². The summed E-state index contributed by atoms with van der Waals surface area (Å²) in [5.41, 5.74) is 1.50. The summed E-state index contributed by atoms with van der Waals surface area (Å²) in [6.07, 6.45) is 0. The summed E-state index contributed by atoms with van der Waals surface area (Å²) in [4.78, 5) is 35.5. The fraction of sp³-hybridized carbons (Fsp3) is 0.286. The molecule has 0 aliphatic rings. The predicted octanol–water partition coefficient (Wildman–Crippen LogP) is 1.89. The van der Waals surface area contributed by atoms with E-state index in [0.29, 0.717) is 17.9 Å². The number of esters is 1. The Morgan fingerprint density at radius 2 is 1.64 bits per heavy atom. The summed E-state index contributed by atoms with van der Waals surface area (Å²) in [5.74, 6) is -0.723. The molecule has 0 aliphatic heterocycles. The van der Waals surface area contributed by atoms with E-state index in [0.717, 1.165) is 5.56 Å². The SMILES string of the molecule is COc1ccc(C(=O)NCC(=O)OCC(=O)NC[C@@H](C)c2ccccc2)cc1. The second kappa shape index (κ2) is 10.7. The van der Waals surface area contributed by atoms with Crippen LogP contribution in [0, 0.1) is 0 Å². The van der Waals surface area contributed by atoms with Crippen LogP contribution < -0.4 is 15.4 Å². The van der Waals surface area contributed by atoms with E-state index in [1.54, 1.807) is 24.3 Å². The van der Waals surface area contributed by atoms with E-state index < -0.39 is 24.4 Å². The lowest BCUT2D eigenvalue weighted by molar-refractivity contribution is -0.147. The second-order valence-corrected chi connectivity index (χ2v) is 6.19. The Hall–Kier alpha value is -3.35. The third-order valence-electron chi connectivity index (χ3n) is 4.08. The average Bonchev–Trinajstić information content (AvgIpc) is 2.74. The lowest BCUT2D eigenvalue weighted by Gasteiger charge is -2.13. The van der Waals surface area contributed by atoms with E-state index in [9.17, 15) is 14.4 Å². The van der Waals surface area contributed by atoms with Crippen LogP contribution in [0.2, 0.25) is 0 Å². The minimum absolute atomic E-state index is 0.143. The molecule has 0 radical (unpaired) electrons. The van der Waals surface area contributed by atoms with E-state index in [1.165, 1.54) is 7.11 Å². The molecule has 0 saturated heterocycles. The highest BCUT2D eigenvalue weighted by Crippen LogP contribution is 2.13. The van der Waals surface area contributed by atoms with Gasteiger partial charge in [0, 0.05) is 12.1 Å². The maximum Gasteiger partial charge on any atom is 0.325 e. The quantitative estimate of drug-likeness (QED) is 0.644. The largest absolute Gasteiger partial charge is 0.497 e. The lowest BCUT2D eigenvalue weighted by atomic mass is 10.0. The smallest absolute Gasteiger partial charge is 0.325 e. The molecule has 2 aromatic rings. The van der Waals surface area contributed by atoms with Crippen LogP contribution in [0.4, 0.5) is 0 Å². The summed E-state index contributed by atoms with van der Waals surface area (Å²) in [6, 6.07) is 16.3. The number of carbonyl (C=O) groups is 3. The summed E-state index contributed by atoms with van der Waals surface area (Å²) in [7, 11) is 1.53. The first-order valence-corrected chi connectivity index (χ1v) is 8.89. The molecular weight excluding hydrogens is 360 g/mol. The molecular formula is C21H24N2O5. The number of nitrogens with one attached hydrogen (secondary N) is 2. The van der Waals surface area contributed by atoms with Crippen molar-refractivity contribution in [2.24, 2.45) is 0 Å². The summed E-state index contributed by atoms with van der Waals surface area (Å²) >= 11 is 0. The normalized spacial score (nSPS) is 11.2. The van der Waals surface area contributed by atoms with Crippen LogP contribution in [0.25, 0.3) is 0 Å². The minimum Gasteiger partial charge on any atom is -0.497 e. The van der Waals surface area contributed by atoms with Gasteiger partial charge in [0.2, 0.25) is 0 Å². The Balaban J connectivity index is 1.65. The van der Waals surface area contributed by atoms with Crippen LogP contribution in [0.15, 0.2) is 54.6 Å². The first-order valence-electron chi connectivity index (χ1n) is 8.89. The van der Waals surface area contributed by atoms with Gasteiger partial charge in [-0.25, -0.2) is 0 Å². The van der Waals surface area contributed by atoms with Crippen LogP contribution in [0.1, 0.15) is 28.8 Å². The van der Waals surface area contributed by atoms with Crippen LogP contribution in [0.5, 0.6) is 5.75 Å². The third kappa shape index (κ3) is 6.75. The van der Waals surface area contributed by atoms with Crippen molar-refractivity contribution in [3.63, 3.8) is 0 Å². The van der Waals surface area contributed by atoms with Crippen LogP contribution in [-0.4, -0.2) is 44.6 Å². The second-order valence-electron chi connectivity index (χ2n) is 6.19. The van der Waals surface area contributed by atoms with Crippen LogP contribution in [-0.2, 0) is 14.3 Å². The first kappa shape index (κ1) is 21.0. The summed E-state index contributed by atoms with van der Waals surface area (Å²) in [6.45, 7) is 1.72. The Kier molecular flexibility index (Phi) is 8.02. The molecule has 0 bridgehead atoms. The molecule has 7 nitrogen and oxygen atoms in total. The number of methoxy groups -OCH3 is 1. The maximum absolute atomic E-state index is 12.0. The van der Waals surface area contributed by atoms with E-state index in [-0.39, 0.29) is 12.5 Å². The number of amides is 2. The zero-order valence-electron chi connectivity index (χ0n) is 15.9. The van der Waals surface area contributed by atoms with Crippen molar-refractivity contribution in [2.45, 2.75) is 12.8 Å². The number of rotatable bonds is 9. The monoisotopic (exact) mass is 384 g/mol. The van der Waals surface area contributed by atoms with Gasteiger partial charge in [-0.05, 0) is 35.7 Å². The Labute approximate surface area is 164 Å². The van der Waals surface area contributed by atoms with Crippen molar-refractivity contribution < 1.29 is 23.9 Å². The Morgan fingerprint density at radius 3 is 2.29 bits per heavy atom. The van der Waals surface area contributed by atoms with Crippen molar-refractivity contribution in [3.8, 4) is 5.75 Å². The van der Waals surface area contributed by atoms with Crippen molar-refractivity contribution in [1.82, 2.24) is 10.6 Å². The zero-order valence-corrected chi connectivity index (χ0v) is 15.9. The highest BCUT2D eigenvalue weighted by molar-refractivity contribution is 5.96. The van der Waals surface area contributed by atoms with Gasteiger partial charge in [0.15, 0.2) is 6.61 Å². The number of hydrogen-bond acceptors (Lipinski definition) is 5. The van der Waals surface area contributed by atoms with Crippen molar-refractivity contribution in [2.75, 3.05) is 26.8 Å². The molecule has 28 heavy (non-hydrogen) atoms. The Bertz CT molecular complexity index is 790. The van der Waals surface area contributed by atoms with Gasteiger partial charge in [-0.15, -0.1) is 0 Å². The maximum atomic E-state index is 12.0. The lowest BCUT2D eigenvalue weighted by Crippen LogP contribution is -2.35.